The van der Waals surface area contributed by atoms with Gasteiger partial charge < -0.3 is 14.2 Å². The van der Waals surface area contributed by atoms with Crippen molar-refractivity contribution in [3.63, 3.8) is 0 Å². The molecule has 0 aliphatic rings. The number of nitro groups is 1. The van der Waals surface area contributed by atoms with E-state index in [9.17, 15) is 19.7 Å². The van der Waals surface area contributed by atoms with Gasteiger partial charge in [0.15, 0.2) is 23.9 Å². The average Bonchev–Trinajstić information content (AvgIpc) is 2.91. The van der Waals surface area contributed by atoms with Gasteiger partial charge in [0, 0.05) is 10.5 Å². The molecular weight excluding hydrogens is 606 g/mol. The molecule has 1 amide bonds. The fourth-order valence-electron chi connectivity index (χ4n) is 4.61. The number of methoxy groups -OCH3 is 1. The van der Waals surface area contributed by atoms with Crippen LogP contribution in [0, 0.1) is 15.5 Å². The monoisotopic (exact) mass is 639 g/mol. The van der Waals surface area contributed by atoms with Gasteiger partial charge in [-0.15, -0.1) is 0 Å². The van der Waals surface area contributed by atoms with E-state index in [4.69, 9.17) is 14.2 Å². The van der Waals surface area contributed by atoms with Crippen molar-refractivity contribution in [3.05, 3.63) is 91.9 Å². The maximum Gasteiger partial charge on any atom is 0.343 e. The maximum absolute atomic E-state index is 12.5. The van der Waals surface area contributed by atoms with Crippen LogP contribution >= 0.6 is 15.9 Å². The minimum absolute atomic E-state index is 0.00725. The van der Waals surface area contributed by atoms with Crippen molar-refractivity contribution in [2.24, 2.45) is 10.5 Å². The van der Waals surface area contributed by atoms with Gasteiger partial charge in [-0.2, -0.15) is 5.10 Å². The van der Waals surface area contributed by atoms with Crippen molar-refractivity contribution < 1.29 is 28.7 Å². The van der Waals surface area contributed by atoms with E-state index in [-0.39, 0.29) is 28.0 Å². The summed E-state index contributed by atoms with van der Waals surface area (Å²) in [5.74, 6) is -0.659. The molecule has 222 valence electrons. The molecular formula is C31H34BrN3O7. The lowest BCUT2D eigenvalue weighted by Crippen LogP contribution is -2.26. The van der Waals surface area contributed by atoms with Crippen molar-refractivity contribution in [2.45, 2.75) is 46.5 Å². The SMILES string of the molecule is COc1cc(C=NNC(=O)COc2ccc(C(C)(C)CC(C)(C)C)cc2[N+](=O)[O-])ccc1OC(=O)c1cccc(Br)c1. The molecule has 0 aliphatic carbocycles. The molecule has 3 aromatic carbocycles. The fourth-order valence-corrected chi connectivity index (χ4v) is 5.01. The standard InChI is InChI=1S/C31H34BrN3O7/c1-30(2,3)19-31(4,5)22-11-13-25(24(16-22)35(38)39)41-18-28(36)34-33-17-20-10-12-26(27(14-20)40-6)42-29(37)21-8-7-9-23(32)15-21/h7-17H,18-19H2,1-6H3,(H,34,36). The first-order valence-corrected chi connectivity index (χ1v) is 13.9. The number of hydrogen-bond donors (Lipinski definition) is 1. The molecule has 0 radical (unpaired) electrons. The fraction of sp³-hybridized carbons (Fsp3) is 0.323. The summed E-state index contributed by atoms with van der Waals surface area (Å²) in [6.07, 6.45) is 2.19. The molecule has 0 spiro atoms. The van der Waals surface area contributed by atoms with E-state index in [1.54, 1.807) is 48.5 Å². The number of amides is 1. The Bertz CT molecular complexity index is 1500. The summed E-state index contributed by atoms with van der Waals surface area (Å²) >= 11 is 3.32. The van der Waals surface area contributed by atoms with E-state index in [0.29, 0.717) is 16.9 Å². The van der Waals surface area contributed by atoms with Crippen LogP contribution in [0.5, 0.6) is 17.2 Å². The molecule has 3 rings (SSSR count). The molecule has 0 aliphatic heterocycles. The summed E-state index contributed by atoms with van der Waals surface area (Å²) in [5.41, 5.74) is 3.59. The maximum atomic E-state index is 12.5. The molecule has 0 bridgehead atoms. The molecule has 0 aromatic heterocycles. The Kier molecular flexibility index (Phi) is 10.5. The van der Waals surface area contributed by atoms with Crippen molar-refractivity contribution in [3.8, 4) is 17.2 Å². The summed E-state index contributed by atoms with van der Waals surface area (Å²) in [6.45, 7) is 9.98. The molecule has 3 aromatic rings. The van der Waals surface area contributed by atoms with E-state index in [0.717, 1.165) is 16.5 Å². The lowest BCUT2D eigenvalue weighted by Gasteiger charge is -2.33. The molecule has 10 nitrogen and oxygen atoms in total. The van der Waals surface area contributed by atoms with Gasteiger partial charge in [0.25, 0.3) is 5.91 Å². The summed E-state index contributed by atoms with van der Waals surface area (Å²) in [4.78, 5) is 36.0. The third-order valence-corrected chi connectivity index (χ3v) is 6.61. The number of rotatable bonds is 11. The molecule has 0 atom stereocenters. The van der Waals surface area contributed by atoms with Gasteiger partial charge in [-0.3, -0.25) is 14.9 Å². The number of nitrogens with one attached hydrogen (secondary N) is 1. The van der Waals surface area contributed by atoms with Gasteiger partial charge in [-0.1, -0.05) is 62.7 Å². The van der Waals surface area contributed by atoms with Gasteiger partial charge in [-0.05, 0) is 70.8 Å². The van der Waals surface area contributed by atoms with Crippen molar-refractivity contribution in [2.75, 3.05) is 13.7 Å². The second-order valence-corrected chi connectivity index (χ2v) is 12.4. The predicted molar refractivity (Wildman–Crippen MR) is 164 cm³/mol. The first-order chi connectivity index (χ1) is 19.7. The number of ether oxygens (including phenoxy) is 3. The third-order valence-electron chi connectivity index (χ3n) is 6.12. The van der Waals surface area contributed by atoms with Crippen LogP contribution < -0.4 is 19.6 Å². The zero-order chi connectivity index (χ0) is 31.1. The van der Waals surface area contributed by atoms with Crippen LogP contribution in [-0.4, -0.2) is 36.7 Å². The lowest BCUT2D eigenvalue weighted by atomic mass is 9.72. The second-order valence-electron chi connectivity index (χ2n) is 11.5. The van der Waals surface area contributed by atoms with Gasteiger partial charge in [0.1, 0.15) is 0 Å². The number of esters is 1. The Hall–Kier alpha value is -4.25. The highest BCUT2D eigenvalue weighted by Gasteiger charge is 2.30. The number of carbonyl (C=O) groups is 2. The summed E-state index contributed by atoms with van der Waals surface area (Å²) in [6, 6.07) is 16.4. The quantitative estimate of drug-likeness (QED) is 0.0800. The zero-order valence-electron chi connectivity index (χ0n) is 24.4. The van der Waals surface area contributed by atoms with Crippen LogP contribution in [0.4, 0.5) is 5.69 Å². The Morgan fingerprint density at radius 3 is 2.36 bits per heavy atom. The Morgan fingerprint density at radius 2 is 1.71 bits per heavy atom. The van der Waals surface area contributed by atoms with E-state index >= 15 is 0 Å². The van der Waals surface area contributed by atoms with Crippen molar-refractivity contribution in [1.82, 2.24) is 5.43 Å². The Balaban J connectivity index is 1.61. The van der Waals surface area contributed by atoms with E-state index in [1.165, 1.54) is 25.5 Å². The van der Waals surface area contributed by atoms with Gasteiger partial charge in [0.05, 0.1) is 23.8 Å². The van der Waals surface area contributed by atoms with E-state index < -0.39 is 23.4 Å². The first-order valence-electron chi connectivity index (χ1n) is 13.1. The minimum atomic E-state index is -0.607. The highest BCUT2D eigenvalue weighted by molar-refractivity contribution is 9.10. The largest absolute Gasteiger partial charge is 0.493 e. The van der Waals surface area contributed by atoms with Gasteiger partial charge >= 0.3 is 11.7 Å². The number of hydrazone groups is 1. The number of nitro benzene ring substituents is 1. The smallest absolute Gasteiger partial charge is 0.343 e. The molecule has 0 saturated heterocycles. The minimum Gasteiger partial charge on any atom is -0.493 e. The number of carbonyl (C=O) groups excluding carboxylic acids is 2. The predicted octanol–water partition coefficient (Wildman–Crippen LogP) is 6.83. The van der Waals surface area contributed by atoms with E-state index in [1.807, 2.05) is 13.8 Å². The second kappa shape index (κ2) is 13.6. The van der Waals surface area contributed by atoms with Crippen LogP contribution in [0.15, 0.2) is 70.2 Å². The van der Waals surface area contributed by atoms with E-state index in [2.05, 4.69) is 47.2 Å². The molecule has 11 heteroatoms. The van der Waals surface area contributed by atoms with Crippen molar-refractivity contribution >= 4 is 39.7 Å². The van der Waals surface area contributed by atoms with Crippen LogP contribution in [0.2, 0.25) is 0 Å². The first kappa shape index (κ1) is 32.3. The number of nitrogens with zero attached hydrogens (tertiary/aromatic N) is 2. The highest BCUT2D eigenvalue weighted by atomic mass is 79.9. The summed E-state index contributed by atoms with van der Waals surface area (Å²) in [7, 11) is 1.43. The normalized spacial score (nSPS) is 11.7. The highest BCUT2D eigenvalue weighted by Crippen LogP contribution is 2.39. The van der Waals surface area contributed by atoms with Crippen LogP contribution in [-0.2, 0) is 10.2 Å². The van der Waals surface area contributed by atoms with Gasteiger partial charge in [-0.25, -0.2) is 10.2 Å². The van der Waals surface area contributed by atoms with Crippen LogP contribution in [0.25, 0.3) is 0 Å². The van der Waals surface area contributed by atoms with Crippen LogP contribution in [0.1, 0.15) is 62.5 Å². The van der Waals surface area contributed by atoms with Crippen LogP contribution in [0.3, 0.4) is 0 Å². The summed E-state index contributed by atoms with van der Waals surface area (Å²) in [5, 5.41) is 15.7. The molecule has 1 N–H and O–H groups in total. The molecule has 0 heterocycles. The third kappa shape index (κ3) is 9.13. The lowest BCUT2D eigenvalue weighted by molar-refractivity contribution is -0.385. The number of halogens is 1. The summed E-state index contributed by atoms with van der Waals surface area (Å²) < 4.78 is 17.0. The van der Waals surface area contributed by atoms with Gasteiger partial charge in [0.2, 0.25) is 0 Å². The topological polar surface area (TPSA) is 129 Å². The average molecular weight is 641 g/mol. The number of hydrogen-bond acceptors (Lipinski definition) is 8. The Morgan fingerprint density at radius 1 is 1.00 bits per heavy atom. The molecule has 0 unspecified atom stereocenters. The molecule has 0 saturated carbocycles. The zero-order valence-corrected chi connectivity index (χ0v) is 26.0. The number of benzene rings is 3. The molecule has 0 fully saturated rings. The Labute approximate surface area is 253 Å². The van der Waals surface area contributed by atoms with Crippen molar-refractivity contribution in [1.29, 1.82) is 0 Å². The molecule has 42 heavy (non-hydrogen) atoms.